The summed E-state index contributed by atoms with van der Waals surface area (Å²) in [5.74, 6) is 0.940. The standard InChI is InChI=1S/C7H12O/c1-6-4-5-7(2,3)8-6/h1,4-5H2,2-3H3. The van der Waals surface area contributed by atoms with Crippen LogP contribution in [-0.2, 0) is 4.74 Å². The van der Waals surface area contributed by atoms with Gasteiger partial charge in [0, 0.05) is 6.42 Å². The normalized spacial score (nSPS) is 25.5. The Bertz CT molecular complexity index is 114. The molecule has 0 atom stereocenters. The third-order valence-corrected chi connectivity index (χ3v) is 1.43. The minimum absolute atomic E-state index is 0.0666. The van der Waals surface area contributed by atoms with E-state index < -0.39 is 0 Å². The van der Waals surface area contributed by atoms with Crippen molar-refractivity contribution in [3.8, 4) is 0 Å². The van der Waals surface area contributed by atoms with Gasteiger partial charge in [0.05, 0.1) is 5.76 Å². The minimum atomic E-state index is 0.0666. The number of ether oxygens (including phenoxy) is 1. The Labute approximate surface area is 50.3 Å². The Morgan fingerprint density at radius 3 is 2.38 bits per heavy atom. The molecule has 8 heavy (non-hydrogen) atoms. The third kappa shape index (κ3) is 1.03. The lowest BCUT2D eigenvalue weighted by atomic mass is 10.1. The molecule has 0 amide bonds. The van der Waals surface area contributed by atoms with Crippen molar-refractivity contribution in [3.63, 3.8) is 0 Å². The van der Waals surface area contributed by atoms with Crippen LogP contribution in [0.3, 0.4) is 0 Å². The fraction of sp³-hybridized carbons (Fsp3) is 0.714. The van der Waals surface area contributed by atoms with Crippen molar-refractivity contribution < 1.29 is 4.74 Å². The van der Waals surface area contributed by atoms with Crippen LogP contribution in [0.1, 0.15) is 26.7 Å². The van der Waals surface area contributed by atoms with E-state index in [2.05, 4.69) is 20.4 Å². The van der Waals surface area contributed by atoms with Gasteiger partial charge in [-0.15, -0.1) is 0 Å². The summed E-state index contributed by atoms with van der Waals surface area (Å²) in [6.45, 7) is 7.90. The van der Waals surface area contributed by atoms with Gasteiger partial charge in [-0.1, -0.05) is 6.58 Å². The molecule has 0 aromatic rings. The summed E-state index contributed by atoms with van der Waals surface area (Å²) in [7, 11) is 0. The average Bonchev–Trinajstić information content (AvgIpc) is 1.82. The van der Waals surface area contributed by atoms with Crippen molar-refractivity contribution >= 4 is 0 Å². The molecule has 0 aliphatic carbocycles. The molecule has 1 rings (SSSR count). The third-order valence-electron chi connectivity index (χ3n) is 1.43. The second-order valence-electron chi connectivity index (χ2n) is 2.90. The maximum atomic E-state index is 5.35. The minimum Gasteiger partial charge on any atom is -0.493 e. The number of rotatable bonds is 0. The van der Waals surface area contributed by atoms with Gasteiger partial charge >= 0.3 is 0 Å². The lowest BCUT2D eigenvalue weighted by Gasteiger charge is -2.16. The van der Waals surface area contributed by atoms with Gasteiger partial charge in [0.2, 0.25) is 0 Å². The molecule has 0 bridgehead atoms. The molecule has 1 nitrogen and oxygen atoms in total. The predicted octanol–water partition coefficient (Wildman–Crippen LogP) is 2.09. The maximum Gasteiger partial charge on any atom is 0.103 e. The molecule has 1 saturated heterocycles. The highest BCUT2D eigenvalue weighted by atomic mass is 16.5. The van der Waals surface area contributed by atoms with Crippen LogP contribution >= 0.6 is 0 Å². The van der Waals surface area contributed by atoms with Crippen molar-refractivity contribution in [3.05, 3.63) is 12.3 Å². The highest BCUT2D eigenvalue weighted by molar-refractivity contribution is 4.95. The van der Waals surface area contributed by atoms with Gasteiger partial charge in [-0.3, -0.25) is 0 Å². The van der Waals surface area contributed by atoms with E-state index in [9.17, 15) is 0 Å². The van der Waals surface area contributed by atoms with Crippen LogP contribution in [-0.4, -0.2) is 5.60 Å². The first-order chi connectivity index (χ1) is 3.60. The Balaban J connectivity index is 2.56. The molecule has 1 heterocycles. The zero-order valence-electron chi connectivity index (χ0n) is 5.53. The van der Waals surface area contributed by atoms with E-state index in [0.717, 1.165) is 18.6 Å². The quantitative estimate of drug-likeness (QED) is 0.466. The number of hydrogen-bond acceptors (Lipinski definition) is 1. The lowest BCUT2D eigenvalue weighted by Crippen LogP contribution is -2.15. The second-order valence-corrected chi connectivity index (χ2v) is 2.90. The van der Waals surface area contributed by atoms with Gasteiger partial charge in [0.15, 0.2) is 0 Å². The van der Waals surface area contributed by atoms with E-state index in [0.29, 0.717) is 0 Å². The molecule has 0 aromatic heterocycles. The van der Waals surface area contributed by atoms with Crippen LogP contribution in [0.25, 0.3) is 0 Å². The lowest BCUT2D eigenvalue weighted by molar-refractivity contribution is 0.0774. The Kier molecular flexibility index (Phi) is 1.07. The van der Waals surface area contributed by atoms with Gasteiger partial charge in [-0.25, -0.2) is 0 Å². The van der Waals surface area contributed by atoms with Crippen molar-refractivity contribution in [2.24, 2.45) is 0 Å². The summed E-state index contributed by atoms with van der Waals surface area (Å²) in [5, 5.41) is 0. The summed E-state index contributed by atoms with van der Waals surface area (Å²) in [5.41, 5.74) is 0.0666. The summed E-state index contributed by atoms with van der Waals surface area (Å²) >= 11 is 0. The Hall–Kier alpha value is -0.460. The van der Waals surface area contributed by atoms with E-state index in [1.165, 1.54) is 0 Å². The van der Waals surface area contributed by atoms with Crippen LogP contribution in [0.15, 0.2) is 12.3 Å². The van der Waals surface area contributed by atoms with Crippen LogP contribution < -0.4 is 0 Å². The SMILES string of the molecule is C=C1CCC(C)(C)O1. The van der Waals surface area contributed by atoms with Crippen LogP contribution in [0.4, 0.5) is 0 Å². The molecular formula is C7H12O. The zero-order chi connectivity index (χ0) is 6.20. The second kappa shape index (κ2) is 1.51. The topological polar surface area (TPSA) is 9.23 Å². The largest absolute Gasteiger partial charge is 0.493 e. The molecule has 0 N–H and O–H groups in total. The van der Waals surface area contributed by atoms with Gasteiger partial charge in [-0.2, -0.15) is 0 Å². The van der Waals surface area contributed by atoms with Crippen molar-refractivity contribution in [2.75, 3.05) is 0 Å². The van der Waals surface area contributed by atoms with Crippen molar-refractivity contribution in [1.29, 1.82) is 0 Å². The molecule has 0 unspecified atom stereocenters. The van der Waals surface area contributed by atoms with Gasteiger partial charge in [0.1, 0.15) is 5.60 Å². The average molecular weight is 112 g/mol. The van der Waals surface area contributed by atoms with Crippen molar-refractivity contribution in [2.45, 2.75) is 32.3 Å². The van der Waals surface area contributed by atoms with E-state index in [1.807, 2.05) is 0 Å². The fourth-order valence-corrected chi connectivity index (χ4v) is 0.933. The highest BCUT2D eigenvalue weighted by Crippen LogP contribution is 2.30. The first-order valence-electron chi connectivity index (χ1n) is 2.97. The molecule has 0 spiro atoms. The monoisotopic (exact) mass is 112 g/mol. The van der Waals surface area contributed by atoms with Gasteiger partial charge in [0.25, 0.3) is 0 Å². The van der Waals surface area contributed by atoms with Crippen LogP contribution in [0.2, 0.25) is 0 Å². The summed E-state index contributed by atoms with van der Waals surface area (Å²) in [6, 6.07) is 0. The molecule has 0 aromatic carbocycles. The van der Waals surface area contributed by atoms with E-state index in [1.54, 1.807) is 0 Å². The maximum absolute atomic E-state index is 5.35. The zero-order valence-corrected chi connectivity index (χ0v) is 5.53. The van der Waals surface area contributed by atoms with E-state index in [4.69, 9.17) is 4.74 Å². The Morgan fingerprint density at radius 1 is 1.62 bits per heavy atom. The molecule has 1 heteroatoms. The fourth-order valence-electron chi connectivity index (χ4n) is 0.933. The Morgan fingerprint density at radius 2 is 2.25 bits per heavy atom. The van der Waals surface area contributed by atoms with Crippen LogP contribution in [0, 0.1) is 0 Å². The molecule has 1 fully saturated rings. The first-order valence-corrected chi connectivity index (χ1v) is 2.97. The van der Waals surface area contributed by atoms with Crippen LogP contribution in [0.5, 0.6) is 0 Å². The number of allylic oxidation sites excluding steroid dienone is 1. The molecule has 0 saturated carbocycles. The summed E-state index contributed by atoms with van der Waals surface area (Å²) < 4.78 is 5.35. The molecule has 1 aliphatic rings. The highest BCUT2D eigenvalue weighted by Gasteiger charge is 2.26. The molecule has 0 radical (unpaired) electrons. The summed E-state index contributed by atoms with van der Waals surface area (Å²) in [4.78, 5) is 0. The van der Waals surface area contributed by atoms with E-state index >= 15 is 0 Å². The smallest absolute Gasteiger partial charge is 0.103 e. The number of hydrogen-bond donors (Lipinski definition) is 0. The van der Waals surface area contributed by atoms with Crippen molar-refractivity contribution in [1.82, 2.24) is 0 Å². The predicted molar refractivity (Wildman–Crippen MR) is 33.5 cm³/mol. The molecule has 46 valence electrons. The van der Waals surface area contributed by atoms with E-state index in [-0.39, 0.29) is 5.60 Å². The van der Waals surface area contributed by atoms with Gasteiger partial charge < -0.3 is 4.74 Å². The summed E-state index contributed by atoms with van der Waals surface area (Å²) in [6.07, 6.45) is 2.15. The first kappa shape index (κ1) is 5.67. The molecule has 1 aliphatic heterocycles. The van der Waals surface area contributed by atoms with Gasteiger partial charge in [-0.05, 0) is 20.3 Å². The molecular weight excluding hydrogens is 100 g/mol.